The first-order valence-electron chi connectivity index (χ1n) is 4.29. The molecule has 0 bridgehead atoms. The van der Waals surface area contributed by atoms with Crippen molar-refractivity contribution >= 4 is 17.3 Å². The molecule has 0 heterocycles. The number of nitro groups is 1. The molecule has 0 amide bonds. The highest BCUT2D eigenvalue weighted by Gasteiger charge is 2.11. The van der Waals surface area contributed by atoms with Gasteiger partial charge < -0.3 is 10.1 Å². The van der Waals surface area contributed by atoms with Crippen LogP contribution >= 0.6 is 0 Å². The Morgan fingerprint density at radius 2 is 2.31 bits per heavy atom. The number of carbonyl (C=O) groups is 1. The molecule has 16 heavy (non-hydrogen) atoms. The van der Waals surface area contributed by atoms with E-state index in [2.05, 4.69) is 10.1 Å². The Kier molecular flexibility index (Phi) is 3.76. The SMILES string of the molecule is COC(=O)CNc1ccc([N+](=O)[O-])cc1F. The Morgan fingerprint density at radius 1 is 1.62 bits per heavy atom. The molecule has 0 aromatic heterocycles. The number of benzene rings is 1. The normalized spacial score (nSPS) is 9.62. The van der Waals surface area contributed by atoms with Gasteiger partial charge in [-0.2, -0.15) is 0 Å². The molecule has 6 nitrogen and oxygen atoms in total. The fourth-order valence-corrected chi connectivity index (χ4v) is 1.00. The number of non-ortho nitro benzene ring substituents is 1. The van der Waals surface area contributed by atoms with Gasteiger partial charge in [0.15, 0.2) is 5.82 Å². The summed E-state index contributed by atoms with van der Waals surface area (Å²) in [6.45, 7) is -0.203. The minimum atomic E-state index is -0.793. The van der Waals surface area contributed by atoms with Gasteiger partial charge in [-0.25, -0.2) is 4.39 Å². The van der Waals surface area contributed by atoms with E-state index in [4.69, 9.17) is 0 Å². The standard InChI is InChI=1S/C9H9FN2O4/c1-16-9(13)5-11-8-3-2-6(12(14)15)4-7(8)10/h2-4,11H,5H2,1H3. The number of nitrogens with one attached hydrogen (secondary N) is 1. The highest BCUT2D eigenvalue weighted by Crippen LogP contribution is 2.20. The zero-order valence-electron chi connectivity index (χ0n) is 8.40. The number of methoxy groups -OCH3 is 1. The second kappa shape index (κ2) is 5.06. The first-order valence-corrected chi connectivity index (χ1v) is 4.29. The number of esters is 1. The topological polar surface area (TPSA) is 81.5 Å². The molecular formula is C9H9FN2O4. The van der Waals surface area contributed by atoms with Crippen LogP contribution in [0.1, 0.15) is 0 Å². The van der Waals surface area contributed by atoms with Crippen LogP contribution in [0.3, 0.4) is 0 Å². The first kappa shape index (κ1) is 11.9. The van der Waals surface area contributed by atoms with Gasteiger partial charge in [-0.3, -0.25) is 14.9 Å². The van der Waals surface area contributed by atoms with Gasteiger partial charge in [0.25, 0.3) is 5.69 Å². The van der Waals surface area contributed by atoms with Crippen molar-refractivity contribution < 1.29 is 18.8 Å². The molecule has 0 fully saturated rings. The van der Waals surface area contributed by atoms with E-state index in [1.165, 1.54) is 13.2 Å². The van der Waals surface area contributed by atoms with Gasteiger partial charge in [0, 0.05) is 6.07 Å². The second-order valence-electron chi connectivity index (χ2n) is 2.85. The highest BCUT2D eigenvalue weighted by atomic mass is 19.1. The van der Waals surface area contributed by atoms with Gasteiger partial charge in [-0.15, -0.1) is 0 Å². The van der Waals surface area contributed by atoms with E-state index in [1.54, 1.807) is 0 Å². The summed E-state index contributed by atoms with van der Waals surface area (Å²) in [6, 6.07) is 3.11. The monoisotopic (exact) mass is 228 g/mol. The van der Waals surface area contributed by atoms with Gasteiger partial charge in [0.1, 0.15) is 6.54 Å². The molecule has 0 spiro atoms. The summed E-state index contributed by atoms with van der Waals surface area (Å²) in [5, 5.41) is 12.8. The molecule has 7 heteroatoms. The van der Waals surface area contributed by atoms with E-state index in [0.717, 1.165) is 12.1 Å². The summed E-state index contributed by atoms with van der Waals surface area (Å²) < 4.78 is 17.6. The lowest BCUT2D eigenvalue weighted by atomic mass is 10.2. The average Bonchev–Trinajstić information content (AvgIpc) is 2.26. The lowest BCUT2D eigenvalue weighted by Gasteiger charge is -2.05. The van der Waals surface area contributed by atoms with Gasteiger partial charge in [0.2, 0.25) is 0 Å². The quantitative estimate of drug-likeness (QED) is 0.477. The Hall–Kier alpha value is -2.18. The Bertz CT molecular complexity index is 422. The van der Waals surface area contributed by atoms with Crippen molar-refractivity contribution in [2.45, 2.75) is 0 Å². The number of ether oxygens (including phenoxy) is 1. The average molecular weight is 228 g/mol. The number of nitrogens with zero attached hydrogens (tertiary/aromatic N) is 1. The van der Waals surface area contributed by atoms with Gasteiger partial charge >= 0.3 is 5.97 Å². The summed E-state index contributed by atoms with van der Waals surface area (Å²) in [5.74, 6) is -1.35. The third kappa shape index (κ3) is 2.91. The summed E-state index contributed by atoms with van der Waals surface area (Å²) >= 11 is 0. The molecule has 0 atom stereocenters. The number of anilines is 1. The van der Waals surface area contributed by atoms with Crippen LogP contribution in [0.5, 0.6) is 0 Å². The molecule has 1 aromatic rings. The molecule has 1 rings (SSSR count). The van der Waals surface area contributed by atoms with E-state index >= 15 is 0 Å². The van der Waals surface area contributed by atoms with E-state index in [9.17, 15) is 19.3 Å². The van der Waals surface area contributed by atoms with Crippen LogP contribution in [0.15, 0.2) is 18.2 Å². The maximum atomic E-state index is 13.2. The van der Waals surface area contributed by atoms with Crippen LogP contribution in [-0.2, 0) is 9.53 Å². The van der Waals surface area contributed by atoms with Crippen LogP contribution in [-0.4, -0.2) is 24.5 Å². The van der Waals surface area contributed by atoms with Crippen molar-refractivity contribution in [3.8, 4) is 0 Å². The van der Waals surface area contributed by atoms with Gasteiger partial charge in [-0.05, 0) is 6.07 Å². The molecule has 86 valence electrons. The number of halogens is 1. The fourth-order valence-electron chi connectivity index (χ4n) is 1.00. The van der Waals surface area contributed by atoms with E-state index in [0.29, 0.717) is 0 Å². The zero-order chi connectivity index (χ0) is 12.1. The Balaban J connectivity index is 2.75. The number of carbonyl (C=O) groups excluding carboxylic acids is 1. The Morgan fingerprint density at radius 3 is 2.81 bits per heavy atom. The van der Waals surface area contributed by atoms with Crippen LogP contribution in [0.25, 0.3) is 0 Å². The van der Waals surface area contributed by atoms with Crippen molar-refractivity contribution in [2.75, 3.05) is 19.0 Å². The summed E-state index contributed by atoms with van der Waals surface area (Å²) in [7, 11) is 1.20. The van der Waals surface area contributed by atoms with E-state index in [1.807, 2.05) is 0 Å². The smallest absolute Gasteiger partial charge is 0.325 e. The summed E-state index contributed by atoms with van der Waals surface area (Å²) in [6.07, 6.45) is 0. The predicted molar refractivity (Wildman–Crippen MR) is 53.6 cm³/mol. The third-order valence-electron chi connectivity index (χ3n) is 1.81. The van der Waals surface area contributed by atoms with Crippen molar-refractivity contribution in [1.29, 1.82) is 0 Å². The van der Waals surface area contributed by atoms with Gasteiger partial charge in [-0.1, -0.05) is 0 Å². The molecular weight excluding hydrogens is 219 g/mol. The molecule has 1 aromatic carbocycles. The lowest BCUT2D eigenvalue weighted by Crippen LogP contribution is -2.15. The second-order valence-corrected chi connectivity index (χ2v) is 2.85. The third-order valence-corrected chi connectivity index (χ3v) is 1.81. The predicted octanol–water partition coefficient (Wildman–Crippen LogP) is 1.32. The van der Waals surface area contributed by atoms with Crippen molar-refractivity contribution in [2.24, 2.45) is 0 Å². The molecule has 1 N–H and O–H groups in total. The van der Waals surface area contributed by atoms with Crippen LogP contribution in [0, 0.1) is 15.9 Å². The van der Waals surface area contributed by atoms with Crippen molar-refractivity contribution in [3.63, 3.8) is 0 Å². The van der Waals surface area contributed by atoms with Crippen LogP contribution in [0.2, 0.25) is 0 Å². The summed E-state index contributed by atoms with van der Waals surface area (Å²) in [4.78, 5) is 20.4. The fraction of sp³-hybridized carbons (Fsp3) is 0.222. The van der Waals surface area contributed by atoms with Gasteiger partial charge in [0.05, 0.1) is 23.8 Å². The van der Waals surface area contributed by atoms with E-state index < -0.39 is 16.7 Å². The zero-order valence-corrected chi connectivity index (χ0v) is 8.40. The lowest BCUT2D eigenvalue weighted by molar-refractivity contribution is -0.385. The molecule has 0 saturated heterocycles. The molecule has 0 saturated carbocycles. The highest BCUT2D eigenvalue weighted by molar-refractivity contribution is 5.74. The maximum absolute atomic E-state index is 13.2. The largest absolute Gasteiger partial charge is 0.468 e. The first-order chi connectivity index (χ1) is 7.54. The molecule has 0 radical (unpaired) electrons. The minimum Gasteiger partial charge on any atom is -0.468 e. The van der Waals surface area contributed by atoms with Crippen LogP contribution in [0.4, 0.5) is 15.8 Å². The number of hydrogen-bond donors (Lipinski definition) is 1. The summed E-state index contributed by atoms with van der Waals surface area (Å²) in [5.41, 5.74) is -0.336. The maximum Gasteiger partial charge on any atom is 0.325 e. The molecule has 0 aliphatic carbocycles. The molecule has 0 aliphatic rings. The van der Waals surface area contributed by atoms with Crippen LogP contribution < -0.4 is 5.32 Å². The van der Waals surface area contributed by atoms with Crippen molar-refractivity contribution in [1.82, 2.24) is 0 Å². The number of hydrogen-bond acceptors (Lipinski definition) is 5. The Labute approximate surface area is 90.2 Å². The number of nitro benzene ring substituents is 1. The van der Waals surface area contributed by atoms with Crippen molar-refractivity contribution in [3.05, 3.63) is 34.1 Å². The molecule has 0 unspecified atom stereocenters. The minimum absolute atomic E-state index is 0.0102. The molecule has 0 aliphatic heterocycles. The van der Waals surface area contributed by atoms with E-state index in [-0.39, 0.29) is 17.9 Å². The number of rotatable bonds is 4.